The predicted octanol–water partition coefficient (Wildman–Crippen LogP) is 5.15. The van der Waals surface area contributed by atoms with Gasteiger partial charge in [-0.3, -0.25) is 4.98 Å². The fourth-order valence-electron chi connectivity index (χ4n) is 1.53. The van der Waals surface area contributed by atoms with Crippen molar-refractivity contribution in [1.29, 1.82) is 0 Å². The fourth-order valence-corrected chi connectivity index (χ4v) is 2.68. The number of rotatable bonds is 4. The Balaban J connectivity index is 0.000000686. The zero-order chi connectivity index (χ0) is 12.5. The van der Waals surface area contributed by atoms with Crippen molar-refractivity contribution >= 4 is 22.7 Å². The van der Waals surface area contributed by atoms with E-state index >= 15 is 0 Å². The van der Waals surface area contributed by atoms with E-state index in [0.29, 0.717) is 0 Å². The molecule has 0 bridgehead atoms. The second-order valence-corrected chi connectivity index (χ2v) is 4.67. The predicted molar refractivity (Wildman–Crippen MR) is 78.7 cm³/mol. The molecule has 2 aromatic rings. The minimum absolute atomic E-state index is 1.10. The van der Waals surface area contributed by atoms with E-state index in [9.17, 15) is 0 Å². The third-order valence-corrected chi connectivity index (χ3v) is 3.52. The normalized spacial score (nSPS) is 9.82. The molecule has 0 spiro atoms. The highest BCUT2D eigenvalue weighted by Crippen LogP contribution is 2.27. The van der Waals surface area contributed by atoms with E-state index in [0.717, 1.165) is 5.52 Å². The van der Waals surface area contributed by atoms with Gasteiger partial charge in [-0.1, -0.05) is 39.3 Å². The number of hydrogen-bond acceptors (Lipinski definition) is 2. The van der Waals surface area contributed by atoms with Crippen molar-refractivity contribution in [3.8, 4) is 0 Å². The summed E-state index contributed by atoms with van der Waals surface area (Å²) in [6.45, 7) is 6.23. The van der Waals surface area contributed by atoms with Crippen LogP contribution in [0.5, 0.6) is 0 Å². The molecule has 1 aromatic carbocycles. The molecule has 0 fully saturated rings. The minimum atomic E-state index is 1.10. The highest BCUT2D eigenvalue weighted by atomic mass is 32.2. The first-order chi connectivity index (χ1) is 8.42. The van der Waals surface area contributed by atoms with Gasteiger partial charge in [0.05, 0.1) is 5.52 Å². The summed E-state index contributed by atoms with van der Waals surface area (Å²) in [6, 6.07) is 10.5. The van der Waals surface area contributed by atoms with Crippen LogP contribution in [0.25, 0.3) is 10.9 Å². The van der Waals surface area contributed by atoms with Gasteiger partial charge in [0.25, 0.3) is 0 Å². The summed E-state index contributed by atoms with van der Waals surface area (Å²) in [5.74, 6) is 1.20. The molecule has 1 heterocycles. The molecule has 92 valence electrons. The third-order valence-electron chi connectivity index (χ3n) is 2.36. The number of nitrogens with zero attached hydrogens (tertiary/aromatic N) is 1. The zero-order valence-electron chi connectivity index (χ0n) is 10.9. The Labute approximate surface area is 109 Å². The van der Waals surface area contributed by atoms with E-state index in [2.05, 4.69) is 36.2 Å². The Morgan fingerprint density at radius 3 is 2.71 bits per heavy atom. The maximum absolute atomic E-state index is 4.36. The number of pyridine rings is 1. The highest BCUT2D eigenvalue weighted by molar-refractivity contribution is 7.99. The summed E-state index contributed by atoms with van der Waals surface area (Å²) in [4.78, 5) is 5.71. The average molecular weight is 247 g/mol. The largest absolute Gasteiger partial charge is 0.256 e. The van der Waals surface area contributed by atoms with Crippen molar-refractivity contribution in [2.24, 2.45) is 0 Å². The molecule has 0 radical (unpaired) electrons. The summed E-state index contributed by atoms with van der Waals surface area (Å²) in [5, 5.41) is 1.28. The Hall–Kier alpha value is -1.02. The van der Waals surface area contributed by atoms with E-state index in [1.807, 2.05) is 37.9 Å². The average Bonchev–Trinajstić information content (AvgIpc) is 2.42. The van der Waals surface area contributed by atoms with Crippen LogP contribution in [0.2, 0.25) is 0 Å². The Morgan fingerprint density at radius 2 is 1.94 bits per heavy atom. The number of unbranched alkanes of at least 4 members (excludes halogenated alkanes) is 1. The minimum Gasteiger partial charge on any atom is -0.256 e. The Bertz CT molecular complexity index is 434. The molecular formula is C15H21NS. The van der Waals surface area contributed by atoms with Crippen LogP contribution < -0.4 is 0 Å². The van der Waals surface area contributed by atoms with E-state index in [1.165, 1.54) is 28.9 Å². The number of benzene rings is 1. The van der Waals surface area contributed by atoms with Crippen molar-refractivity contribution in [3.05, 3.63) is 36.5 Å². The van der Waals surface area contributed by atoms with Crippen LogP contribution in [0.4, 0.5) is 0 Å². The molecular weight excluding hydrogens is 226 g/mol. The smallest absolute Gasteiger partial charge is 0.0713 e. The molecule has 0 aliphatic heterocycles. The monoisotopic (exact) mass is 247 g/mol. The molecule has 0 atom stereocenters. The van der Waals surface area contributed by atoms with Crippen LogP contribution in [0, 0.1) is 0 Å². The molecule has 0 saturated carbocycles. The molecule has 1 nitrogen and oxygen atoms in total. The van der Waals surface area contributed by atoms with Crippen LogP contribution in [-0.2, 0) is 0 Å². The number of fused-ring (bicyclic) bond motifs is 1. The summed E-state index contributed by atoms with van der Waals surface area (Å²) >= 11 is 1.93. The lowest BCUT2D eigenvalue weighted by Crippen LogP contribution is -1.82. The lowest BCUT2D eigenvalue weighted by Gasteiger charge is -2.04. The standard InChI is InChI=1S/C13H15NS.C2H6/c1-2-3-10-15-13-8-4-7-12-11(13)6-5-9-14-12;1-2/h4-9H,2-3,10H2,1H3;1-2H3. The van der Waals surface area contributed by atoms with Crippen LogP contribution in [0.3, 0.4) is 0 Å². The van der Waals surface area contributed by atoms with Crippen molar-refractivity contribution in [2.75, 3.05) is 5.75 Å². The SMILES string of the molecule is CC.CCCCSc1cccc2ncccc12. The maximum atomic E-state index is 4.36. The van der Waals surface area contributed by atoms with E-state index in [-0.39, 0.29) is 0 Å². The van der Waals surface area contributed by atoms with Gasteiger partial charge >= 0.3 is 0 Å². The molecule has 2 heteroatoms. The second-order valence-electron chi connectivity index (χ2n) is 3.53. The summed E-state index contributed by atoms with van der Waals surface area (Å²) in [7, 11) is 0. The molecule has 0 aliphatic rings. The number of aromatic nitrogens is 1. The first-order valence-electron chi connectivity index (χ1n) is 6.38. The van der Waals surface area contributed by atoms with E-state index < -0.39 is 0 Å². The van der Waals surface area contributed by atoms with Crippen molar-refractivity contribution < 1.29 is 0 Å². The van der Waals surface area contributed by atoms with Gasteiger partial charge in [-0.05, 0) is 30.4 Å². The second kappa shape index (κ2) is 8.13. The van der Waals surface area contributed by atoms with E-state index in [4.69, 9.17) is 0 Å². The van der Waals surface area contributed by atoms with Gasteiger partial charge < -0.3 is 0 Å². The first kappa shape index (κ1) is 14.0. The van der Waals surface area contributed by atoms with Crippen LogP contribution in [-0.4, -0.2) is 10.7 Å². The molecule has 2 rings (SSSR count). The van der Waals surface area contributed by atoms with Crippen LogP contribution in [0.1, 0.15) is 33.6 Å². The van der Waals surface area contributed by atoms with Gasteiger partial charge in [0, 0.05) is 16.5 Å². The summed E-state index contributed by atoms with van der Waals surface area (Å²) in [5.41, 5.74) is 1.10. The van der Waals surface area contributed by atoms with Gasteiger partial charge in [0.2, 0.25) is 0 Å². The fraction of sp³-hybridized carbons (Fsp3) is 0.400. The number of thioether (sulfide) groups is 1. The molecule has 0 unspecified atom stereocenters. The molecule has 0 saturated heterocycles. The van der Waals surface area contributed by atoms with Crippen molar-refractivity contribution in [2.45, 2.75) is 38.5 Å². The topological polar surface area (TPSA) is 12.9 Å². The molecule has 0 amide bonds. The van der Waals surface area contributed by atoms with Gasteiger partial charge in [-0.25, -0.2) is 0 Å². The summed E-state index contributed by atoms with van der Waals surface area (Å²) < 4.78 is 0. The molecule has 1 aromatic heterocycles. The lowest BCUT2D eigenvalue weighted by atomic mass is 10.2. The molecule has 0 N–H and O–H groups in total. The zero-order valence-corrected chi connectivity index (χ0v) is 11.8. The van der Waals surface area contributed by atoms with Gasteiger partial charge in [-0.2, -0.15) is 0 Å². The van der Waals surface area contributed by atoms with E-state index in [1.54, 1.807) is 0 Å². The van der Waals surface area contributed by atoms with Gasteiger partial charge in [0.15, 0.2) is 0 Å². The van der Waals surface area contributed by atoms with Gasteiger partial charge in [-0.15, -0.1) is 11.8 Å². The lowest BCUT2D eigenvalue weighted by molar-refractivity contribution is 0.896. The molecule has 17 heavy (non-hydrogen) atoms. The van der Waals surface area contributed by atoms with Gasteiger partial charge in [0.1, 0.15) is 0 Å². The Morgan fingerprint density at radius 1 is 1.12 bits per heavy atom. The summed E-state index contributed by atoms with van der Waals surface area (Å²) in [6.07, 6.45) is 4.39. The third kappa shape index (κ3) is 4.04. The first-order valence-corrected chi connectivity index (χ1v) is 7.37. The highest BCUT2D eigenvalue weighted by Gasteiger charge is 2.00. The Kier molecular flexibility index (Phi) is 6.71. The molecule has 0 aliphatic carbocycles. The maximum Gasteiger partial charge on any atom is 0.0713 e. The van der Waals surface area contributed by atoms with Crippen LogP contribution >= 0.6 is 11.8 Å². The quantitative estimate of drug-likeness (QED) is 0.547. The van der Waals surface area contributed by atoms with Crippen LogP contribution in [0.15, 0.2) is 41.4 Å². The van der Waals surface area contributed by atoms with Crippen molar-refractivity contribution in [3.63, 3.8) is 0 Å². The van der Waals surface area contributed by atoms with Crippen molar-refractivity contribution in [1.82, 2.24) is 4.98 Å². The number of hydrogen-bond donors (Lipinski definition) is 0.